The molecular weight excluding hydrogens is 1060 g/mol. The number of Topliss-reactive ketones (excluding diaryl/α,β-unsaturated/α-hetero) is 2. The first-order valence-corrected chi connectivity index (χ1v) is 33.7. The topological polar surface area (TPSA) is 169 Å². The molecule has 4 aromatic carbocycles. The number of hydrogen-bond donors (Lipinski definition) is 2. The minimum atomic E-state index is -0.608. The number of carbonyl (C=O) groups is 3. The van der Waals surface area contributed by atoms with E-state index in [4.69, 9.17) is 23.6 Å². The van der Waals surface area contributed by atoms with Crippen LogP contribution in [0, 0.1) is 53.3 Å². The molecule has 7 aliphatic carbocycles. The summed E-state index contributed by atoms with van der Waals surface area (Å²) in [5.74, 6) is 4.68. The first-order chi connectivity index (χ1) is 39.6. The summed E-state index contributed by atoms with van der Waals surface area (Å²) in [6, 6.07) is 40.5. The summed E-state index contributed by atoms with van der Waals surface area (Å²) < 4.78 is 22.4. The maximum Gasteiger partial charge on any atom is 0.265 e. The van der Waals surface area contributed by atoms with E-state index in [2.05, 4.69) is 132 Å². The van der Waals surface area contributed by atoms with E-state index in [1.165, 1.54) is 16.8 Å². The van der Waals surface area contributed by atoms with Crippen molar-refractivity contribution in [3.05, 3.63) is 197 Å². The summed E-state index contributed by atoms with van der Waals surface area (Å²) in [4.78, 5) is 41.0. The van der Waals surface area contributed by atoms with Crippen LogP contribution in [0.3, 0.4) is 0 Å². The molecule has 2 radical (unpaired) electrons. The molecule has 7 aliphatic rings. The van der Waals surface area contributed by atoms with E-state index in [0.29, 0.717) is 83.0 Å². The van der Waals surface area contributed by atoms with Gasteiger partial charge in [-0.1, -0.05) is 188 Å². The summed E-state index contributed by atoms with van der Waals surface area (Å²) in [6.45, 7) is 9.61. The third kappa shape index (κ3) is 13.6. The second-order valence-electron chi connectivity index (χ2n) is 23.3. The van der Waals surface area contributed by atoms with Gasteiger partial charge in [0.25, 0.3) is 11.8 Å². The Bertz CT molecular complexity index is 3180. The first-order valence-electron chi connectivity index (χ1n) is 28.7. The van der Waals surface area contributed by atoms with Gasteiger partial charge in [-0.2, -0.15) is 0 Å². The largest absolute Gasteiger partial charge is 0.507 e. The van der Waals surface area contributed by atoms with Gasteiger partial charge in [0.1, 0.15) is 36.7 Å². The van der Waals surface area contributed by atoms with Crippen LogP contribution in [0.2, 0.25) is 26.2 Å². The predicted molar refractivity (Wildman–Crippen MR) is 324 cm³/mol. The number of rotatable bonds is 13. The van der Waals surface area contributed by atoms with Crippen LogP contribution in [0.5, 0.6) is 11.8 Å². The van der Waals surface area contributed by atoms with Crippen molar-refractivity contribution < 1.29 is 43.1 Å². The molecule has 3 fully saturated rings. The van der Waals surface area contributed by atoms with E-state index in [-0.39, 0.29) is 70.9 Å². The molecule has 13 rings (SSSR count). The number of allylic oxidation sites excluding steroid dienone is 6. The molecule has 0 saturated heterocycles. The lowest BCUT2D eigenvalue weighted by Crippen LogP contribution is -2.44. The maximum absolute atomic E-state index is 13.7. The molecule has 428 valence electrons. The van der Waals surface area contributed by atoms with E-state index in [9.17, 15) is 19.5 Å². The molecule has 15 heteroatoms. The fourth-order valence-electron chi connectivity index (χ4n) is 13.0. The molecule has 2 heterocycles. The van der Waals surface area contributed by atoms with Crippen LogP contribution in [0.25, 0.3) is 5.76 Å². The Labute approximate surface area is 486 Å². The van der Waals surface area contributed by atoms with Crippen LogP contribution in [-0.4, -0.2) is 100 Å². The first kappa shape index (κ1) is 59.6. The van der Waals surface area contributed by atoms with Crippen molar-refractivity contribution in [2.45, 2.75) is 77.7 Å². The molecule has 3 saturated carbocycles. The number of ketones is 3. The molecule has 0 amide bonds. The normalized spacial score (nSPS) is 24.5. The van der Waals surface area contributed by atoms with Gasteiger partial charge in [0.15, 0.2) is 28.9 Å². The predicted octanol–water partition coefficient (Wildman–Crippen LogP) is 10.9. The Morgan fingerprint density at radius 2 is 1.15 bits per heavy atom. The lowest BCUT2D eigenvalue weighted by atomic mass is 9.62. The highest BCUT2D eigenvalue weighted by molar-refractivity contribution is 6.71. The van der Waals surface area contributed by atoms with Crippen molar-refractivity contribution >= 4 is 51.1 Å². The van der Waals surface area contributed by atoms with Crippen LogP contribution < -0.4 is 19.8 Å². The SMILES string of the molecule is CN(C)Cc1onc(OCc2ccccc2)c1C(=O)CO.CN(C)[C@H]1c2onc(OCc3ccccc3)c2C(O)=C2C(=O)[C@H]3[C@@H](C[C@H]21)[C@H]1C=C[C@@H]3C1.C[Si](C)c1ccccc1.C[Si](C)c1ccccc1.O=C1C=CC[C@@H]2[C@H]1[C@@H]1C=C[C@H]2C1. The molecule has 2 N–H and O–H groups in total. The number of aromatic nitrogens is 2. The number of aliphatic hydroxyl groups excluding tert-OH is 2. The minimum absolute atomic E-state index is 0.00221. The van der Waals surface area contributed by atoms with Crippen molar-refractivity contribution in [3.63, 3.8) is 0 Å². The molecule has 0 unspecified atom stereocenters. The van der Waals surface area contributed by atoms with Gasteiger partial charge in [0.2, 0.25) is 0 Å². The highest BCUT2D eigenvalue weighted by Gasteiger charge is 2.58. The van der Waals surface area contributed by atoms with E-state index < -0.39 is 12.4 Å². The van der Waals surface area contributed by atoms with Crippen LogP contribution in [-0.2, 0) is 29.3 Å². The fraction of sp³-hybridized carbons (Fsp3) is 0.388. The molecule has 0 aliphatic heterocycles. The quantitative estimate of drug-likeness (QED) is 0.0637. The Morgan fingerprint density at radius 3 is 1.65 bits per heavy atom. The van der Waals surface area contributed by atoms with Gasteiger partial charge >= 0.3 is 0 Å². The third-order valence-electron chi connectivity index (χ3n) is 16.9. The standard InChI is InChI=1S/C25H26N2O4.C15H18N2O4.C11H12O.2C8H11Si/c1-27(2)21-17-11-16-14-8-9-15(10-14)18(16)22(28)19(17)23(29)20-24(21)31-26-25(20)30-12-13-6-4-3-5-7-13;1-17(2)8-13-14(12(19)9-18)15(16-21-13)20-10-11-6-4-3-5-7-11;12-10-3-1-2-9-7-4-5-8(6-7)11(9)10;2*1-9(2)8-6-4-3-5-7-8/h3-9,14-18,21,29H,10-12H2,1-2H3;3-7,18H,8-10H2,1-2H3;1,3-5,7-9,11H,2,6H2;2*3-7H,1-2H3/t14-,15+,16-,17+,18+,21+;;7-,8+,9-,11+;;/m0.0../s1. The lowest BCUT2D eigenvalue weighted by Gasteiger charge is -2.43. The monoisotopic (exact) mass is 1140 g/mol. The molecule has 0 spiro atoms. The molecule has 2 aromatic heterocycles. The number of nitrogens with zero attached hydrogens (tertiary/aromatic N) is 4. The summed E-state index contributed by atoms with van der Waals surface area (Å²) in [5.41, 5.74) is 3.14. The highest BCUT2D eigenvalue weighted by atomic mass is 28.3. The number of carbonyl (C=O) groups excluding carboxylic acids is 3. The number of ether oxygens (including phenoxy) is 2. The van der Waals surface area contributed by atoms with Crippen molar-refractivity contribution in [1.29, 1.82) is 0 Å². The van der Waals surface area contributed by atoms with Gasteiger partial charge < -0.3 is 33.6 Å². The lowest BCUT2D eigenvalue weighted by molar-refractivity contribution is -0.124. The highest BCUT2D eigenvalue weighted by Crippen LogP contribution is 2.60. The molecule has 10 atom stereocenters. The average molecular weight is 1140 g/mol. The van der Waals surface area contributed by atoms with E-state index >= 15 is 0 Å². The van der Waals surface area contributed by atoms with Gasteiger partial charge in [-0.25, -0.2) is 0 Å². The molecule has 6 aromatic rings. The van der Waals surface area contributed by atoms with Crippen molar-refractivity contribution in [3.8, 4) is 11.8 Å². The van der Waals surface area contributed by atoms with Crippen LogP contribution in [0.1, 0.15) is 70.3 Å². The van der Waals surface area contributed by atoms with Crippen LogP contribution in [0.15, 0.2) is 172 Å². The van der Waals surface area contributed by atoms with Gasteiger partial charge in [-0.05, 0) is 117 Å². The smallest absolute Gasteiger partial charge is 0.265 e. The Balaban J connectivity index is 0.000000136. The zero-order chi connectivity index (χ0) is 58.0. The third-order valence-corrected chi connectivity index (χ3v) is 19.8. The van der Waals surface area contributed by atoms with Crippen LogP contribution >= 0.6 is 0 Å². The Kier molecular flexibility index (Phi) is 19.9. The molecular formula is C67H78N4O9Si2. The zero-order valence-corrected chi connectivity index (χ0v) is 50.5. The number of hydrogen-bond acceptors (Lipinski definition) is 13. The van der Waals surface area contributed by atoms with E-state index in [0.717, 1.165) is 30.4 Å². The van der Waals surface area contributed by atoms with Crippen molar-refractivity contribution in [1.82, 2.24) is 20.1 Å². The summed E-state index contributed by atoms with van der Waals surface area (Å²) >= 11 is 0. The zero-order valence-electron chi connectivity index (χ0n) is 48.5. The summed E-state index contributed by atoms with van der Waals surface area (Å²) in [5, 5.41) is 31.4. The van der Waals surface area contributed by atoms with E-state index in [1.807, 2.05) is 93.8 Å². The molecule has 4 bridgehead atoms. The van der Waals surface area contributed by atoms with Gasteiger partial charge in [0, 0.05) is 23.3 Å². The fourth-order valence-corrected chi connectivity index (χ4v) is 14.7. The number of benzene rings is 4. The minimum Gasteiger partial charge on any atom is -0.507 e. The second-order valence-corrected chi connectivity index (χ2v) is 28.5. The van der Waals surface area contributed by atoms with Crippen molar-refractivity contribution in [2.24, 2.45) is 53.3 Å². The average Bonchev–Trinajstić information content (AvgIpc) is 4.04. The summed E-state index contributed by atoms with van der Waals surface area (Å²) in [7, 11) is 7.24. The van der Waals surface area contributed by atoms with Gasteiger partial charge in [-0.15, -0.1) is 0 Å². The van der Waals surface area contributed by atoms with E-state index in [1.54, 1.807) is 6.08 Å². The molecule has 82 heavy (non-hydrogen) atoms. The van der Waals surface area contributed by atoms with Crippen molar-refractivity contribution in [2.75, 3.05) is 34.8 Å². The van der Waals surface area contributed by atoms with Gasteiger partial charge in [0.05, 0.1) is 30.2 Å². The number of aliphatic hydroxyl groups is 2. The van der Waals surface area contributed by atoms with Crippen LogP contribution in [0.4, 0.5) is 0 Å². The van der Waals surface area contributed by atoms with Gasteiger partial charge in [-0.3, -0.25) is 19.3 Å². The Hall–Kier alpha value is -7.02. The number of fused-ring (bicyclic) bond motifs is 12. The second kappa shape index (κ2) is 27.4. The maximum atomic E-state index is 13.7. The molecule has 13 nitrogen and oxygen atoms in total. The summed E-state index contributed by atoms with van der Waals surface area (Å²) in [6.07, 6.45) is 17.2. The Morgan fingerprint density at radius 1 is 0.646 bits per heavy atom.